The second-order valence-electron chi connectivity index (χ2n) is 5.31. The number of piperazine rings is 1. The van der Waals surface area contributed by atoms with E-state index in [1.54, 1.807) is 0 Å². The number of aliphatic carboxylic acids is 1. The van der Waals surface area contributed by atoms with Crippen LogP contribution in [0.5, 0.6) is 0 Å². The second-order valence-corrected chi connectivity index (χ2v) is 5.31. The van der Waals surface area contributed by atoms with Crippen molar-refractivity contribution in [2.75, 3.05) is 19.6 Å². The van der Waals surface area contributed by atoms with E-state index in [4.69, 9.17) is 5.11 Å². The van der Waals surface area contributed by atoms with Gasteiger partial charge in [0.25, 0.3) is 0 Å². The quantitative estimate of drug-likeness (QED) is 0.867. The number of amides is 1. The number of aromatic nitrogens is 1. The minimum Gasteiger partial charge on any atom is -0.480 e. The van der Waals surface area contributed by atoms with Gasteiger partial charge in [-0.15, -0.1) is 0 Å². The molecule has 1 atom stereocenters. The predicted octanol–water partition coefficient (Wildman–Crippen LogP) is 0.761. The fourth-order valence-corrected chi connectivity index (χ4v) is 2.48. The van der Waals surface area contributed by atoms with E-state index < -0.39 is 5.97 Å². The number of carbonyl (C=O) groups is 2. The van der Waals surface area contributed by atoms with Crippen LogP contribution in [0.4, 0.5) is 0 Å². The van der Waals surface area contributed by atoms with Gasteiger partial charge in [0.15, 0.2) is 0 Å². The first-order valence-corrected chi connectivity index (χ1v) is 7.19. The number of carbonyl (C=O) groups excluding carboxylic acids is 1. The molecule has 6 heteroatoms. The van der Waals surface area contributed by atoms with Gasteiger partial charge in [0.05, 0.1) is 11.7 Å². The lowest BCUT2D eigenvalue weighted by Gasteiger charge is -2.38. The molecule has 114 valence electrons. The fraction of sp³-hybridized carbons (Fsp3) is 0.533. The van der Waals surface area contributed by atoms with Gasteiger partial charge in [-0.3, -0.25) is 19.5 Å². The van der Waals surface area contributed by atoms with Crippen LogP contribution < -0.4 is 0 Å². The molecular formula is C15H21N3O3. The molecule has 0 aliphatic carbocycles. The summed E-state index contributed by atoms with van der Waals surface area (Å²) < 4.78 is 0. The van der Waals surface area contributed by atoms with E-state index in [-0.39, 0.29) is 18.5 Å². The molecule has 1 fully saturated rings. The maximum atomic E-state index is 12.2. The van der Waals surface area contributed by atoms with E-state index in [0.717, 1.165) is 12.1 Å². The van der Waals surface area contributed by atoms with E-state index in [0.29, 0.717) is 19.6 Å². The van der Waals surface area contributed by atoms with E-state index in [1.807, 2.05) is 24.1 Å². The van der Waals surface area contributed by atoms with E-state index in [9.17, 15) is 9.59 Å². The Hall–Kier alpha value is -1.95. The van der Waals surface area contributed by atoms with E-state index >= 15 is 0 Å². The van der Waals surface area contributed by atoms with Crippen molar-refractivity contribution in [3.63, 3.8) is 0 Å². The molecule has 6 nitrogen and oxygen atoms in total. The van der Waals surface area contributed by atoms with Gasteiger partial charge in [-0.1, -0.05) is 13.0 Å². The van der Waals surface area contributed by atoms with Crippen LogP contribution in [0.15, 0.2) is 18.3 Å². The molecule has 2 heterocycles. The second kappa shape index (κ2) is 6.67. The van der Waals surface area contributed by atoms with Crippen LogP contribution in [0, 0.1) is 0 Å². The number of aryl methyl sites for hydroxylation is 1. The Morgan fingerprint density at radius 2 is 2.19 bits per heavy atom. The van der Waals surface area contributed by atoms with E-state index in [1.165, 1.54) is 10.5 Å². The van der Waals surface area contributed by atoms with Crippen LogP contribution in [0.1, 0.15) is 25.1 Å². The van der Waals surface area contributed by atoms with Crippen LogP contribution >= 0.6 is 0 Å². The third-order valence-electron chi connectivity index (χ3n) is 3.86. The minimum absolute atomic E-state index is 0.131. The zero-order valence-corrected chi connectivity index (χ0v) is 12.5. The molecule has 1 N–H and O–H groups in total. The summed E-state index contributed by atoms with van der Waals surface area (Å²) in [5, 5.41) is 8.80. The molecule has 21 heavy (non-hydrogen) atoms. The van der Waals surface area contributed by atoms with Crippen LogP contribution in [0.25, 0.3) is 0 Å². The molecule has 0 unspecified atom stereocenters. The average molecular weight is 291 g/mol. The monoisotopic (exact) mass is 291 g/mol. The Kier molecular flexibility index (Phi) is 4.90. The molecule has 1 aromatic rings. The predicted molar refractivity (Wildman–Crippen MR) is 77.7 cm³/mol. The Balaban J connectivity index is 1.98. The lowest BCUT2D eigenvalue weighted by molar-refractivity contribution is -0.150. The Labute approximate surface area is 124 Å². The molecule has 0 radical (unpaired) electrons. The summed E-state index contributed by atoms with van der Waals surface area (Å²) in [5.74, 6) is -1.10. The Morgan fingerprint density at radius 1 is 1.43 bits per heavy atom. The summed E-state index contributed by atoms with van der Waals surface area (Å²) in [6.07, 6.45) is 2.82. The highest BCUT2D eigenvalue weighted by atomic mass is 16.4. The third-order valence-corrected chi connectivity index (χ3v) is 3.86. The number of pyridine rings is 1. The summed E-state index contributed by atoms with van der Waals surface area (Å²) >= 11 is 0. The van der Waals surface area contributed by atoms with Crippen LogP contribution in [0.3, 0.4) is 0 Å². The molecule has 0 aromatic carbocycles. The molecule has 1 aliphatic heterocycles. The zero-order chi connectivity index (χ0) is 15.4. The number of hydrogen-bond donors (Lipinski definition) is 1. The Bertz CT molecular complexity index is 515. The molecule has 1 aliphatic rings. The van der Waals surface area contributed by atoms with Gasteiger partial charge in [-0.2, -0.15) is 0 Å². The van der Waals surface area contributed by atoms with Crippen molar-refractivity contribution in [3.8, 4) is 0 Å². The van der Waals surface area contributed by atoms with E-state index in [2.05, 4.69) is 18.0 Å². The molecule has 0 saturated carbocycles. The first kappa shape index (κ1) is 15.4. The standard InChI is InChI=1S/C15H21N3O3/c1-3-12-4-5-13(16-8-12)9-17-6-7-18(10-14(19)20)15(21)11(17)2/h4-5,8,11H,3,6-7,9-10H2,1-2H3,(H,19,20)/t11-/m1/s1. The molecule has 2 rings (SSSR count). The first-order valence-electron chi connectivity index (χ1n) is 7.19. The van der Waals surface area contributed by atoms with Crippen molar-refractivity contribution in [2.45, 2.75) is 32.9 Å². The van der Waals surface area contributed by atoms with Gasteiger partial charge in [-0.25, -0.2) is 0 Å². The minimum atomic E-state index is -0.971. The van der Waals surface area contributed by atoms with Crippen molar-refractivity contribution in [2.24, 2.45) is 0 Å². The fourth-order valence-electron chi connectivity index (χ4n) is 2.48. The summed E-state index contributed by atoms with van der Waals surface area (Å²) in [4.78, 5) is 30.7. The number of carboxylic acid groups (broad SMARTS) is 1. The molecule has 1 saturated heterocycles. The zero-order valence-electron chi connectivity index (χ0n) is 12.5. The number of nitrogens with zero attached hydrogens (tertiary/aromatic N) is 3. The molecule has 0 spiro atoms. The summed E-state index contributed by atoms with van der Waals surface area (Å²) in [5.41, 5.74) is 2.12. The molecular weight excluding hydrogens is 270 g/mol. The third kappa shape index (κ3) is 3.78. The molecule has 1 aromatic heterocycles. The Morgan fingerprint density at radius 3 is 2.76 bits per heavy atom. The summed E-state index contributed by atoms with van der Waals surface area (Å²) in [6.45, 7) is 5.40. The highest BCUT2D eigenvalue weighted by molar-refractivity contribution is 5.85. The SMILES string of the molecule is CCc1ccc(CN2CCN(CC(=O)O)C(=O)[C@H]2C)nc1. The number of rotatable bonds is 5. The maximum Gasteiger partial charge on any atom is 0.323 e. The smallest absolute Gasteiger partial charge is 0.323 e. The summed E-state index contributed by atoms with van der Waals surface area (Å²) in [7, 11) is 0. The van der Waals surface area contributed by atoms with Gasteiger partial charge < -0.3 is 10.0 Å². The number of hydrogen-bond acceptors (Lipinski definition) is 4. The van der Waals surface area contributed by atoms with Crippen LogP contribution in [-0.2, 0) is 22.6 Å². The maximum absolute atomic E-state index is 12.2. The van der Waals surface area contributed by atoms with Gasteiger partial charge in [0, 0.05) is 25.8 Å². The van der Waals surface area contributed by atoms with Gasteiger partial charge in [0.1, 0.15) is 6.54 Å². The van der Waals surface area contributed by atoms with Crippen molar-refractivity contribution in [3.05, 3.63) is 29.6 Å². The van der Waals surface area contributed by atoms with Crippen molar-refractivity contribution in [1.82, 2.24) is 14.8 Å². The van der Waals surface area contributed by atoms with Crippen molar-refractivity contribution in [1.29, 1.82) is 0 Å². The topological polar surface area (TPSA) is 73.7 Å². The van der Waals surface area contributed by atoms with Crippen LogP contribution in [0.2, 0.25) is 0 Å². The van der Waals surface area contributed by atoms with Gasteiger partial charge in [-0.05, 0) is 25.0 Å². The van der Waals surface area contributed by atoms with Crippen LogP contribution in [-0.4, -0.2) is 57.4 Å². The lowest BCUT2D eigenvalue weighted by atomic mass is 10.1. The molecule has 0 bridgehead atoms. The van der Waals surface area contributed by atoms with Gasteiger partial charge >= 0.3 is 5.97 Å². The normalized spacial score (nSPS) is 19.8. The number of carboxylic acids is 1. The first-order chi connectivity index (χ1) is 10.0. The lowest BCUT2D eigenvalue weighted by Crippen LogP contribution is -2.56. The summed E-state index contributed by atoms with van der Waals surface area (Å²) in [6, 6.07) is 3.72. The van der Waals surface area contributed by atoms with Gasteiger partial charge in [0.2, 0.25) is 5.91 Å². The molecule has 1 amide bonds. The van der Waals surface area contributed by atoms with Crippen molar-refractivity contribution >= 4 is 11.9 Å². The van der Waals surface area contributed by atoms with Crippen molar-refractivity contribution < 1.29 is 14.7 Å². The highest BCUT2D eigenvalue weighted by Gasteiger charge is 2.32. The average Bonchev–Trinajstić information content (AvgIpc) is 2.47. The highest BCUT2D eigenvalue weighted by Crippen LogP contribution is 2.14. The largest absolute Gasteiger partial charge is 0.480 e.